The fourth-order valence-electron chi connectivity index (χ4n) is 1.88. The van der Waals surface area contributed by atoms with E-state index in [9.17, 15) is 0 Å². The van der Waals surface area contributed by atoms with Gasteiger partial charge in [-0.1, -0.05) is 24.3 Å². The molecule has 0 amide bonds. The molecule has 0 fully saturated rings. The van der Waals surface area contributed by atoms with Crippen molar-refractivity contribution in [2.45, 2.75) is 0 Å². The number of rotatable bonds is 3. The summed E-state index contributed by atoms with van der Waals surface area (Å²) in [6, 6.07) is 7.15. The van der Waals surface area contributed by atoms with Gasteiger partial charge in [-0.3, -0.25) is 0 Å². The molecule has 0 aliphatic rings. The second kappa shape index (κ2) is 6.87. The normalized spacial score (nSPS) is 12.0. The lowest BCUT2D eigenvalue weighted by atomic mass is 10.2. The molecule has 0 heterocycles. The average molecular weight is 328 g/mol. The number of benzene rings is 1. The third-order valence-electron chi connectivity index (χ3n) is 2.68. The summed E-state index contributed by atoms with van der Waals surface area (Å²) in [4.78, 5) is 0. The number of hydrogen-bond donors (Lipinski definition) is 6. The fraction of sp³-hybridized carbons (Fsp3) is 0. The molecule has 0 bridgehead atoms. The highest BCUT2D eigenvalue weighted by atomic mass is 15.3. The first-order valence-corrected chi connectivity index (χ1v) is 6.50. The average Bonchev–Trinajstić information content (AvgIpc) is 2.81. The highest BCUT2D eigenvalue weighted by Crippen LogP contribution is 2.03. The van der Waals surface area contributed by atoms with Crippen LogP contribution in [0.1, 0.15) is 0 Å². The molecule has 2 rings (SSSR count). The van der Waals surface area contributed by atoms with Gasteiger partial charge < -0.3 is 34.4 Å². The maximum Gasteiger partial charge on any atom is 0.211 e. The quantitative estimate of drug-likeness (QED) is 0.186. The maximum absolute atomic E-state index is 5.32. The molecule has 0 aromatic heterocycles. The lowest BCUT2D eigenvalue weighted by Gasteiger charge is -1.87. The topological polar surface area (TPSA) is 230 Å². The smallest absolute Gasteiger partial charge is 0.211 e. The van der Waals surface area contributed by atoms with E-state index in [1.165, 1.54) is 0 Å². The Kier molecular flexibility index (Phi) is 4.70. The third-order valence-corrected chi connectivity index (χ3v) is 2.68. The van der Waals surface area contributed by atoms with E-state index in [0.717, 1.165) is 0 Å². The second-order valence-electron chi connectivity index (χ2n) is 4.47. The first kappa shape index (κ1) is 16.4. The summed E-state index contributed by atoms with van der Waals surface area (Å²) in [5, 5.41) is 25.0. The van der Waals surface area contributed by atoms with Crippen LogP contribution in [0.15, 0.2) is 54.9 Å². The van der Waals surface area contributed by atoms with Gasteiger partial charge in [0.1, 0.15) is 16.1 Å². The van der Waals surface area contributed by atoms with Gasteiger partial charge in [0, 0.05) is 10.8 Å². The molecule has 0 radical (unpaired) electrons. The molecule has 0 unspecified atom stereocenters. The van der Waals surface area contributed by atoms with Gasteiger partial charge in [0.15, 0.2) is 0 Å². The minimum Gasteiger partial charge on any atom is -0.369 e. The number of hydrogen-bond acceptors (Lipinski definition) is 6. The molecule has 2 aromatic rings. The van der Waals surface area contributed by atoms with Crippen molar-refractivity contribution in [2.24, 2.45) is 65.0 Å². The van der Waals surface area contributed by atoms with E-state index in [0.29, 0.717) is 21.5 Å². The van der Waals surface area contributed by atoms with Crippen molar-refractivity contribution in [2.75, 3.05) is 0 Å². The van der Waals surface area contributed by atoms with Crippen molar-refractivity contribution in [1.29, 1.82) is 0 Å². The van der Waals surface area contributed by atoms with Gasteiger partial charge in [-0.25, -0.2) is 0 Å². The number of guanidine groups is 3. The Morgan fingerprint density at radius 2 is 0.875 bits per heavy atom. The van der Waals surface area contributed by atoms with E-state index in [-0.39, 0.29) is 23.2 Å². The van der Waals surface area contributed by atoms with Gasteiger partial charge in [-0.2, -0.15) is 0 Å². The Morgan fingerprint density at radius 1 is 0.542 bits per heavy atom. The lowest BCUT2D eigenvalue weighted by molar-refractivity contribution is 1.02. The molecule has 0 saturated heterocycles. The van der Waals surface area contributed by atoms with E-state index in [2.05, 4.69) is 30.6 Å². The molecular weight excluding hydrogens is 312 g/mol. The molecule has 0 spiro atoms. The summed E-state index contributed by atoms with van der Waals surface area (Å²) in [5.74, 6) is -0.701. The molecule has 0 atom stereocenters. The number of nitrogens with zero attached hydrogens (tertiary/aromatic N) is 6. The zero-order valence-electron chi connectivity index (χ0n) is 12.5. The predicted molar refractivity (Wildman–Crippen MR) is 90.4 cm³/mol. The highest BCUT2D eigenvalue weighted by molar-refractivity contribution is 5.83. The molecule has 12 nitrogen and oxygen atoms in total. The minimum absolute atomic E-state index is 0.208. The van der Waals surface area contributed by atoms with Crippen LogP contribution in [0.25, 0.3) is 10.8 Å². The van der Waals surface area contributed by atoms with Gasteiger partial charge in [0.2, 0.25) is 17.9 Å². The molecule has 12 N–H and O–H groups in total. The van der Waals surface area contributed by atoms with Crippen LogP contribution >= 0.6 is 0 Å². The van der Waals surface area contributed by atoms with Crippen LogP contribution < -0.4 is 50.5 Å². The third kappa shape index (κ3) is 3.62. The number of nitrogens with two attached hydrogens (primary N) is 6. The Hall–Kier alpha value is -3.96. The van der Waals surface area contributed by atoms with Crippen LogP contribution in [0.2, 0.25) is 0 Å². The summed E-state index contributed by atoms with van der Waals surface area (Å²) in [7, 11) is 0. The van der Waals surface area contributed by atoms with E-state index in [4.69, 9.17) is 34.4 Å². The highest BCUT2D eigenvalue weighted by Gasteiger charge is 2.08. The van der Waals surface area contributed by atoms with E-state index < -0.39 is 0 Å². The van der Waals surface area contributed by atoms with Crippen molar-refractivity contribution < 1.29 is 0 Å². The molecule has 0 aliphatic carbocycles. The first-order valence-electron chi connectivity index (χ1n) is 6.50. The zero-order chi connectivity index (χ0) is 17.7. The van der Waals surface area contributed by atoms with E-state index in [1.54, 1.807) is 24.3 Å². The van der Waals surface area contributed by atoms with Gasteiger partial charge in [0.25, 0.3) is 0 Å². The summed E-state index contributed by atoms with van der Waals surface area (Å²) in [5.41, 5.74) is 31.9. The van der Waals surface area contributed by atoms with Crippen molar-refractivity contribution in [3.8, 4) is 0 Å². The molecule has 124 valence electrons. The summed E-state index contributed by atoms with van der Waals surface area (Å²) >= 11 is 0. The molecule has 24 heavy (non-hydrogen) atoms. The fourth-order valence-corrected chi connectivity index (χ4v) is 1.88. The summed E-state index contributed by atoms with van der Waals surface area (Å²) in [6.45, 7) is 0. The molecule has 0 aliphatic heterocycles. The minimum atomic E-state index is -0.249. The van der Waals surface area contributed by atoms with Crippen molar-refractivity contribution in [3.63, 3.8) is 0 Å². The summed E-state index contributed by atoms with van der Waals surface area (Å²) in [6.07, 6.45) is 0. The van der Waals surface area contributed by atoms with Crippen molar-refractivity contribution >= 4 is 28.7 Å². The largest absolute Gasteiger partial charge is 0.369 e. The van der Waals surface area contributed by atoms with Crippen LogP contribution in [0, 0.1) is 0 Å². The predicted octanol–water partition coefficient (Wildman–Crippen LogP) is -4.02. The monoisotopic (exact) mass is 328 g/mol. The SMILES string of the molecule is NC(N)=NN=c1/c(=N\N=C(N)N)c2ccccc2/c1=N/N=C(N)N. The molecule has 12 heteroatoms. The van der Waals surface area contributed by atoms with Gasteiger partial charge >= 0.3 is 0 Å². The van der Waals surface area contributed by atoms with Gasteiger partial charge in [-0.05, 0) is 0 Å². The summed E-state index contributed by atoms with van der Waals surface area (Å²) < 4.78 is 0. The van der Waals surface area contributed by atoms with E-state index in [1.807, 2.05) is 0 Å². The molecular formula is C12H16N12. The van der Waals surface area contributed by atoms with Crippen molar-refractivity contribution in [3.05, 3.63) is 40.3 Å². The Balaban J connectivity index is 3.07. The van der Waals surface area contributed by atoms with E-state index >= 15 is 0 Å². The maximum atomic E-state index is 5.32. The Bertz CT molecular complexity index is 934. The first-order chi connectivity index (χ1) is 11.4. The number of fused-ring (bicyclic) bond motifs is 1. The Labute approximate surface area is 135 Å². The van der Waals surface area contributed by atoms with Crippen LogP contribution in [0.3, 0.4) is 0 Å². The van der Waals surface area contributed by atoms with Gasteiger partial charge in [-0.15, -0.1) is 30.6 Å². The zero-order valence-corrected chi connectivity index (χ0v) is 12.5. The van der Waals surface area contributed by atoms with Crippen LogP contribution in [0.4, 0.5) is 0 Å². The van der Waals surface area contributed by atoms with Crippen LogP contribution in [-0.2, 0) is 0 Å². The second-order valence-corrected chi connectivity index (χ2v) is 4.47. The lowest BCUT2D eigenvalue weighted by Crippen LogP contribution is -2.34. The molecule has 0 saturated carbocycles. The van der Waals surface area contributed by atoms with Crippen LogP contribution in [-0.4, -0.2) is 17.9 Å². The Morgan fingerprint density at radius 3 is 1.21 bits per heavy atom. The standard InChI is InChI=1S/C12H16N12/c13-10(14)22-19-7-5-3-1-2-4-6(5)8(20-23-11(15)16)9(7)21-24-12(17)18/h1-4H,(H4,13,14,22)(H4,15,16,23)(H4,17,18,24)/b19-7-,20-8-. The van der Waals surface area contributed by atoms with Crippen LogP contribution in [0.5, 0.6) is 0 Å². The van der Waals surface area contributed by atoms with Crippen molar-refractivity contribution in [1.82, 2.24) is 0 Å². The molecule has 2 aromatic carbocycles. The van der Waals surface area contributed by atoms with Gasteiger partial charge in [0.05, 0.1) is 0 Å².